The summed E-state index contributed by atoms with van der Waals surface area (Å²) in [6.45, 7) is 14.2. The van der Waals surface area contributed by atoms with E-state index in [0.717, 1.165) is 114 Å². The minimum Gasteiger partial charge on any atom is -0.462 e. The average molecular weight is 1380 g/mol. The fourth-order valence-corrected chi connectivity index (χ4v) is 12.9. The van der Waals surface area contributed by atoms with Gasteiger partial charge in [-0.1, -0.05) is 325 Å². The number of hydrogen-bond acceptors (Lipinski definition) is 15. The van der Waals surface area contributed by atoms with Crippen LogP contribution in [-0.2, 0) is 65.4 Å². The van der Waals surface area contributed by atoms with E-state index in [9.17, 15) is 43.2 Å². The van der Waals surface area contributed by atoms with Crippen LogP contribution >= 0.6 is 15.6 Å². The van der Waals surface area contributed by atoms with Gasteiger partial charge in [0.2, 0.25) is 0 Å². The molecule has 0 aliphatic carbocycles. The minimum absolute atomic E-state index is 0.105. The van der Waals surface area contributed by atoms with E-state index in [0.29, 0.717) is 31.6 Å². The first-order valence-electron chi connectivity index (χ1n) is 38.7. The third-order valence-electron chi connectivity index (χ3n) is 17.7. The Labute approximate surface area is 575 Å². The maximum atomic E-state index is 13.1. The Morgan fingerprint density at radius 3 is 0.755 bits per heavy atom. The van der Waals surface area contributed by atoms with Crippen LogP contribution in [-0.4, -0.2) is 96.7 Å². The second-order valence-corrected chi connectivity index (χ2v) is 31.6. The number of unbranched alkanes of at least 4 members (excludes halogenated alkanes) is 37. The lowest BCUT2D eigenvalue weighted by molar-refractivity contribution is -0.161. The number of carbonyl (C=O) groups excluding carboxylic acids is 4. The SMILES string of the molecule is CCC(C)CCCCCCCCCCCCC(=O)O[C@H](COC(=O)CCCCCCCCCCCCCCCC(C)C)COP(=O)(O)OCC(O)COP(=O)(O)OC[C@@H](COC(=O)CCCCCCCCCC(C)C)OC(=O)CCCCCCCCCCCCCC(C)C. The Morgan fingerprint density at radius 2 is 0.511 bits per heavy atom. The van der Waals surface area contributed by atoms with Gasteiger partial charge >= 0.3 is 39.5 Å². The van der Waals surface area contributed by atoms with Gasteiger partial charge in [-0.05, 0) is 49.4 Å². The zero-order chi connectivity index (χ0) is 69.6. The molecule has 0 aliphatic rings. The Morgan fingerprint density at radius 1 is 0.298 bits per heavy atom. The molecule has 0 aliphatic heterocycles. The molecular formula is C75H146O17P2. The van der Waals surface area contributed by atoms with Gasteiger partial charge < -0.3 is 33.8 Å². The quantitative estimate of drug-likeness (QED) is 0.0222. The molecule has 6 atom stereocenters. The summed E-state index contributed by atoms with van der Waals surface area (Å²) in [4.78, 5) is 72.8. The molecule has 0 fully saturated rings. The van der Waals surface area contributed by atoms with Crippen LogP contribution in [0.5, 0.6) is 0 Å². The summed E-state index contributed by atoms with van der Waals surface area (Å²) in [6, 6.07) is 0. The van der Waals surface area contributed by atoms with Crippen LogP contribution in [0.25, 0.3) is 0 Å². The standard InChI is InChI=1S/C75H146O17P2/c1-9-68(8)54-46-38-30-22-18-19-25-33-42-50-58-75(80)91-70(61-85-72(77)55-47-39-31-23-16-12-10-11-14-20-27-35-43-51-65(2)3)63-89-93(81,82)87-59-69(76)60-88-94(83,84)90-64-71(62-86-73(78)56-48-40-34-26-29-37-45-53-67(6)7)92-74(79)57-49-41-32-24-17-13-15-21-28-36-44-52-66(4)5/h65-71,76H,9-64H2,1-8H3,(H,81,82)(H,83,84)/t68?,69?,70-,71-/m1/s1. The van der Waals surface area contributed by atoms with E-state index < -0.39 is 97.5 Å². The van der Waals surface area contributed by atoms with Crippen LogP contribution in [0.2, 0.25) is 0 Å². The number of phosphoric acid groups is 2. The third-order valence-corrected chi connectivity index (χ3v) is 19.6. The van der Waals surface area contributed by atoms with Crippen LogP contribution in [0.1, 0.15) is 376 Å². The molecule has 0 amide bonds. The van der Waals surface area contributed by atoms with Crippen molar-refractivity contribution in [2.24, 2.45) is 23.7 Å². The molecule has 0 aromatic carbocycles. The molecule has 0 saturated heterocycles. The molecule has 0 spiro atoms. The number of hydrogen-bond donors (Lipinski definition) is 3. The van der Waals surface area contributed by atoms with Gasteiger partial charge in [0.15, 0.2) is 12.2 Å². The van der Waals surface area contributed by atoms with E-state index in [-0.39, 0.29) is 25.7 Å². The number of aliphatic hydroxyl groups excluding tert-OH is 1. The van der Waals surface area contributed by atoms with Crippen LogP contribution < -0.4 is 0 Å². The summed E-state index contributed by atoms with van der Waals surface area (Å²) in [6.07, 6.45) is 48.5. The van der Waals surface area contributed by atoms with Gasteiger partial charge in [-0.2, -0.15) is 0 Å². The van der Waals surface area contributed by atoms with Gasteiger partial charge in [0.25, 0.3) is 0 Å². The smallest absolute Gasteiger partial charge is 0.462 e. The van der Waals surface area contributed by atoms with Crippen LogP contribution in [0.15, 0.2) is 0 Å². The Balaban J connectivity index is 5.26. The van der Waals surface area contributed by atoms with Crippen LogP contribution in [0.3, 0.4) is 0 Å². The van der Waals surface area contributed by atoms with Crippen LogP contribution in [0.4, 0.5) is 0 Å². The van der Waals surface area contributed by atoms with Gasteiger partial charge in [0, 0.05) is 25.7 Å². The highest BCUT2D eigenvalue weighted by Gasteiger charge is 2.30. The number of phosphoric ester groups is 2. The highest BCUT2D eigenvalue weighted by molar-refractivity contribution is 7.47. The maximum absolute atomic E-state index is 13.1. The van der Waals surface area contributed by atoms with Crippen molar-refractivity contribution in [2.45, 2.75) is 395 Å². The third kappa shape index (κ3) is 67.3. The molecule has 0 rings (SSSR count). The van der Waals surface area contributed by atoms with E-state index >= 15 is 0 Å². The van der Waals surface area contributed by atoms with E-state index in [1.165, 1.54) is 173 Å². The molecule has 0 saturated carbocycles. The van der Waals surface area contributed by atoms with E-state index in [4.69, 9.17) is 37.0 Å². The fraction of sp³-hybridized carbons (Fsp3) is 0.947. The first kappa shape index (κ1) is 92.1. The highest BCUT2D eigenvalue weighted by Crippen LogP contribution is 2.45. The van der Waals surface area contributed by atoms with Gasteiger partial charge in [-0.25, -0.2) is 9.13 Å². The molecule has 17 nitrogen and oxygen atoms in total. The molecule has 94 heavy (non-hydrogen) atoms. The molecule has 0 heterocycles. The van der Waals surface area contributed by atoms with Crippen molar-refractivity contribution in [3.63, 3.8) is 0 Å². The Hall–Kier alpha value is -1.94. The molecule has 0 radical (unpaired) electrons. The molecule has 19 heteroatoms. The number of esters is 4. The zero-order valence-corrected chi connectivity index (χ0v) is 63.4. The van der Waals surface area contributed by atoms with Crippen molar-refractivity contribution in [2.75, 3.05) is 39.6 Å². The normalized spacial score (nSPS) is 14.4. The molecule has 3 N–H and O–H groups in total. The fourth-order valence-electron chi connectivity index (χ4n) is 11.3. The van der Waals surface area contributed by atoms with Crippen molar-refractivity contribution in [1.29, 1.82) is 0 Å². The highest BCUT2D eigenvalue weighted by atomic mass is 31.2. The van der Waals surface area contributed by atoms with Crippen molar-refractivity contribution in [3.8, 4) is 0 Å². The molecule has 558 valence electrons. The molecule has 0 aromatic heterocycles. The topological polar surface area (TPSA) is 237 Å². The maximum Gasteiger partial charge on any atom is 0.472 e. The summed E-state index contributed by atoms with van der Waals surface area (Å²) in [5.41, 5.74) is 0. The molecule has 0 bridgehead atoms. The Bertz CT molecular complexity index is 1850. The van der Waals surface area contributed by atoms with Crippen molar-refractivity contribution >= 4 is 39.5 Å². The van der Waals surface area contributed by atoms with Gasteiger partial charge in [0.05, 0.1) is 26.4 Å². The zero-order valence-electron chi connectivity index (χ0n) is 61.6. The van der Waals surface area contributed by atoms with Crippen molar-refractivity contribution in [1.82, 2.24) is 0 Å². The number of aliphatic hydroxyl groups is 1. The van der Waals surface area contributed by atoms with E-state index in [2.05, 4.69) is 55.4 Å². The lowest BCUT2D eigenvalue weighted by Crippen LogP contribution is -2.30. The minimum atomic E-state index is -4.96. The number of ether oxygens (including phenoxy) is 4. The summed E-state index contributed by atoms with van der Waals surface area (Å²) in [5.74, 6) is 0.942. The number of carbonyl (C=O) groups is 4. The predicted octanol–water partition coefficient (Wildman–Crippen LogP) is 21.7. The molecule has 0 aromatic rings. The first-order chi connectivity index (χ1) is 45.1. The molecule has 4 unspecified atom stereocenters. The van der Waals surface area contributed by atoms with Crippen LogP contribution in [0, 0.1) is 23.7 Å². The lowest BCUT2D eigenvalue weighted by atomic mass is 9.99. The second kappa shape index (κ2) is 64.4. The van der Waals surface area contributed by atoms with Crippen molar-refractivity contribution < 1.29 is 80.2 Å². The largest absolute Gasteiger partial charge is 0.472 e. The van der Waals surface area contributed by atoms with Crippen molar-refractivity contribution in [3.05, 3.63) is 0 Å². The van der Waals surface area contributed by atoms with E-state index in [1.54, 1.807) is 0 Å². The summed E-state index contributed by atoms with van der Waals surface area (Å²) >= 11 is 0. The lowest BCUT2D eigenvalue weighted by Gasteiger charge is -2.21. The second-order valence-electron chi connectivity index (χ2n) is 28.7. The summed E-state index contributed by atoms with van der Waals surface area (Å²) < 4.78 is 68.5. The summed E-state index contributed by atoms with van der Waals surface area (Å²) in [5, 5.41) is 10.6. The average Bonchev–Trinajstić information content (AvgIpc) is 1.76. The summed E-state index contributed by atoms with van der Waals surface area (Å²) in [7, 11) is -9.91. The first-order valence-corrected chi connectivity index (χ1v) is 41.7. The van der Waals surface area contributed by atoms with E-state index in [1.807, 2.05) is 0 Å². The molecular weight excluding hydrogens is 1230 g/mol. The van der Waals surface area contributed by atoms with Gasteiger partial charge in [-0.15, -0.1) is 0 Å². The Kier molecular flexibility index (Phi) is 63.1. The predicted molar refractivity (Wildman–Crippen MR) is 381 cm³/mol. The van der Waals surface area contributed by atoms with Gasteiger partial charge in [0.1, 0.15) is 19.3 Å². The van der Waals surface area contributed by atoms with Gasteiger partial charge in [-0.3, -0.25) is 37.3 Å². The monoisotopic (exact) mass is 1380 g/mol. The number of rotatable bonds is 72.